The van der Waals surface area contributed by atoms with E-state index in [9.17, 15) is 9.50 Å². The number of nitrogens with zero attached hydrogens (tertiary/aromatic N) is 2. The van der Waals surface area contributed by atoms with Crippen LogP contribution in [0.15, 0.2) is 29.6 Å². The van der Waals surface area contributed by atoms with Crippen LogP contribution in [-0.2, 0) is 12.1 Å². The van der Waals surface area contributed by atoms with Crippen LogP contribution in [-0.4, -0.2) is 28.1 Å². The summed E-state index contributed by atoms with van der Waals surface area (Å²) < 4.78 is 13.3. The lowest BCUT2D eigenvalue weighted by molar-refractivity contribution is -0.130. The Balaban J connectivity index is 1.74. The molecule has 0 aliphatic carbocycles. The minimum absolute atomic E-state index is 0.266. The number of aryl methyl sites for hydroxylation is 2. The summed E-state index contributed by atoms with van der Waals surface area (Å²) in [5.74, 6) is -0.266. The molecule has 2 aromatic rings. The molecular formula is C19H25FN2OS. The van der Waals surface area contributed by atoms with E-state index in [1.54, 1.807) is 23.5 Å². The summed E-state index contributed by atoms with van der Waals surface area (Å²) in [5.41, 5.74) is 0.835. The third-order valence-corrected chi connectivity index (χ3v) is 5.79. The molecule has 1 aromatic carbocycles. The quantitative estimate of drug-likeness (QED) is 0.848. The predicted molar refractivity (Wildman–Crippen MR) is 95.5 cm³/mol. The second kappa shape index (κ2) is 7.72. The van der Waals surface area contributed by atoms with Crippen LogP contribution in [0.1, 0.15) is 48.4 Å². The van der Waals surface area contributed by atoms with Gasteiger partial charge in [-0.25, -0.2) is 9.37 Å². The summed E-state index contributed by atoms with van der Waals surface area (Å²) in [4.78, 5) is 6.66. The van der Waals surface area contributed by atoms with Crippen molar-refractivity contribution in [1.29, 1.82) is 0 Å². The average molecular weight is 348 g/mol. The topological polar surface area (TPSA) is 36.4 Å². The van der Waals surface area contributed by atoms with Crippen LogP contribution >= 0.6 is 11.3 Å². The minimum atomic E-state index is -1.01. The lowest BCUT2D eigenvalue weighted by Gasteiger charge is -2.42. The highest BCUT2D eigenvalue weighted by atomic mass is 32.1. The molecule has 1 N–H and O–H groups in total. The first-order valence-electron chi connectivity index (χ1n) is 8.72. The SMILES string of the molecule is Cc1csc(CCCC(O)(c2ccc(F)cc2)N2CCCCC2)n1. The molecule has 1 aromatic heterocycles. The largest absolute Gasteiger partial charge is 0.371 e. The molecular weight excluding hydrogens is 323 g/mol. The number of likely N-dealkylation sites (tertiary alicyclic amines) is 1. The van der Waals surface area contributed by atoms with Gasteiger partial charge in [-0.1, -0.05) is 18.6 Å². The van der Waals surface area contributed by atoms with Crippen LogP contribution in [0.4, 0.5) is 4.39 Å². The first-order valence-corrected chi connectivity index (χ1v) is 9.60. The minimum Gasteiger partial charge on any atom is -0.371 e. The van der Waals surface area contributed by atoms with Crippen molar-refractivity contribution in [2.24, 2.45) is 0 Å². The Morgan fingerprint density at radius 1 is 1.21 bits per heavy atom. The lowest BCUT2D eigenvalue weighted by Crippen LogP contribution is -2.48. The average Bonchev–Trinajstić information content (AvgIpc) is 3.01. The standard InChI is InChI=1S/C19H25FN2OS/c1-15-14-24-18(21-15)6-5-11-19(23,22-12-3-2-4-13-22)16-7-9-17(20)10-8-16/h7-10,14,23H,2-6,11-13H2,1H3. The normalized spacial score (nSPS) is 18.5. The number of hydrogen-bond donors (Lipinski definition) is 1. The number of aromatic nitrogens is 1. The van der Waals surface area contributed by atoms with Gasteiger partial charge in [0.05, 0.1) is 5.01 Å². The summed E-state index contributed by atoms with van der Waals surface area (Å²) in [6.07, 6.45) is 5.79. The molecule has 1 unspecified atom stereocenters. The summed E-state index contributed by atoms with van der Waals surface area (Å²) >= 11 is 1.68. The van der Waals surface area contributed by atoms with Crippen molar-refractivity contribution in [3.05, 3.63) is 51.7 Å². The number of thiazole rings is 1. The van der Waals surface area contributed by atoms with Crippen molar-refractivity contribution < 1.29 is 9.50 Å². The molecule has 24 heavy (non-hydrogen) atoms. The van der Waals surface area contributed by atoms with Gasteiger partial charge in [-0.15, -0.1) is 11.3 Å². The molecule has 5 heteroatoms. The maximum absolute atomic E-state index is 13.3. The van der Waals surface area contributed by atoms with Crippen LogP contribution < -0.4 is 0 Å². The number of rotatable bonds is 6. The highest BCUT2D eigenvalue weighted by Gasteiger charge is 2.36. The highest BCUT2D eigenvalue weighted by molar-refractivity contribution is 7.09. The fraction of sp³-hybridized carbons (Fsp3) is 0.526. The van der Waals surface area contributed by atoms with Gasteiger partial charge in [0.25, 0.3) is 0 Å². The molecule has 0 spiro atoms. The zero-order valence-electron chi connectivity index (χ0n) is 14.2. The predicted octanol–water partition coefficient (Wildman–Crippen LogP) is 4.24. The maximum Gasteiger partial charge on any atom is 0.144 e. The molecule has 3 rings (SSSR count). The number of hydrogen-bond acceptors (Lipinski definition) is 4. The van der Waals surface area contributed by atoms with Crippen molar-refractivity contribution >= 4 is 11.3 Å². The van der Waals surface area contributed by atoms with Gasteiger partial charge in [-0.05, 0) is 56.7 Å². The summed E-state index contributed by atoms with van der Waals surface area (Å²) in [5, 5.41) is 14.6. The molecule has 1 saturated heterocycles. The summed E-state index contributed by atoms with van der Waals surface area (Å²) in [7, 11) is 0. The molecule has 0 radical (unpaired) electrons. The van der Waals surface area contributed by atoms with Crippen LogP contribution in [0.3, 0.4) is 0 Å². The molecule has 3 nitrogen and oxygen atoms in total. The Kier molecular flexibility index (Phi) is 5.64. The van der Waals surface area contributed by atoms with Gasteiger partial charge in [-0.3, -0.25) is 4.90 Å². The van der Waals surface area contributed by atoms with E-state index in [1.807, 2.05) is 6.92 Å². The van der Waals surface area contributed by atoms with E-state index >= 15 is 0 Å². The van der Waals surface area contributed by atoms with E-state index in [0.717, 1.165) is 55.0 Å². The fourth-order valence-electron chi connectivity index (χ4n) is 3.47. The molecule has 130 valence electrons. The molecule has 1 aliphatic rings. The van der Waals surface area contributed by atoms with Crippen LogP contribution in [0, 0.1) is 12.7 Å². The van der Waals surface area contributed by atoms with E-state index < -0.39 is 5.72 Å². The third-order valence-electron chi connectivity index (χ3n) is 4.77. The summed E-state index contributed by atoms with van der Waals surface area (Å²) in [6, 6.07) is 6.32. The number of piperidine rings is 1. The van der Waals surface area contributed by atoms with Crippen molar-refractivity contribution in [3.63, 3.8) is 0 Å². The molecule has 1 atom stereocenters. The Morgan fingerprint density at radius 2 is 1.92 bits per heavy atom. The van der Waals surface area contributed by atoms with Gasteiger partial charge < -0.3 is 5.11 Å². The Hall–Kier alpha value is -1.30. The molecule has 0 amide bonds. The molecule has 1 aliphatic heterocycles. The zero-order chi connectivity index (χ0) is 17.0. The number of benzene rings is 1. The second-order valence-corrected chi connectivity index (χ2v) is 7.55. The highest BCUT2D eigenvalue weighted by Crippen LogP contribution is 2.34. The molecule has 2 heterocycles. The van der Waals surface area contributed by atoms with Gasteiger partial charge in [0.1, 0.15) is 11.5 Å². The fourth-order valence-corrected chi connectivity index (χ4v) is 4.29. The van der Waals surface area contributed by atoms with E-state index in [2.05, 4.69) is 15.3 Å². The van der Waals surface area contributed by atoms with E-state index in [-0.39, 0.29) is 5.82 Å². The van der Waals surface area contributed by atoms with E-state index in [1.165, 1.54) is 18.6 Å². The zero-order valence-corrected chi connectivity index (χ0v) is 15.0. The first kappa shape index (κ1) is 17.5. The van der Waals surface area contributed by atoms with Crippen molar-refractivity contribution in [2.75, 3.05) is 13.1 Å². The van der Waals surface area contributed by atoms with Crippen LogP contribution in [0.2, 0.25) is 0 Å². The van der Waals surface area contributed by atoms with Crippen molar-refractivity contribution in [3.8, 4) is 0 Å². The Bertz CT molecular complexity index is 652. The van der Waals surface area contributed by atoms with Gasteiger partial charge in [0.2, 0.25) is 0 Å². The first-order chi connectivity index (χ1) is 11.6. The van der Waals surface area contributed by atoms with Gasteiger partial charge in [0, 0.05) is 24.2 Å². The van der Waals surface area contributed by atoms with Gasteiger partial charge in [-0.2, -0.15) is 0 Å². The van der Waals surface area contributed by atoms with E-state index in [4.69, 9.17) is 0 Å². The van der Waals surface area contributed by atoms with Crippen LogP contribution in [0.5, 0.6) is 0 Å². The summed E-state index contributed by atoms with van der Waals surface area (Å²) in [6.45, 7) is 3.79. The van der Waals surface area contributed by atoms with E-state index in [0.29, 0.717) is 6.42 Å². The number of halogens is 1. The van der Waals surface area contributed by atoms with Gasteiger partial charge in [0.15, 0.2) is 0 Å². The molecule has 0 bridgehead atoms. The third kappa shape index (κ3) is 4.02. The smallest absolute Gasteiger partial charge is 0.144 e. The monoisotopic (exact) mass is 348 g/mol. The van der Waals surface area contributed by atoms with Crippen molar-refractivity contribution in [1.82, 2.24) is 9.88 Å². The Morgan fingerprint density at radius 3 is 2.54 bits per heavy atom. The van der Waals surface area contributed by atoms with Crippen molar-refractivity contribution in [2.45, 2.75) is 51.2 Å². The Labute approximate surface area is 147 Å². The number of aliphatic hydroxyl groups is 1. The van der Waals surface area contributed by atoms with Gasteiger partial charge >= 0.3 is 0 Å². The maximum atomic E-state index is 13.3. The van der Waals surface area contributed by atoms with Crippen LogP contribution in [0.25, 0.3) is 0 Å². The lowest BCUT2D eigenvalue weighted by atomic mass is 9.92. The molecule has 1 fully saturated rings. The molecule has 0 saturated carbocycles. The second-order valence-electron chi connectivity index (χ2n) is 6.61.